The number of nitrogens with one attached hydrogen (secondary N) is 2. The fourth-order valence-corrected chi connectivity index (χ4v) is 3.76. The van der Waals surface area contributed by atoms with Gasteiger partial charge in [-0.1, -0.05) is 66.2 Å². The van der Waals surface area contributed by atoms with Crippen LogP contribution >= 0.6 is 11.6 Å². The highest BCUT2D eigenvalue weighted by Crippen LogP contribution is 2.33. The van der Waals surface area contributed by atoms with Crippen LogP contribution in [0, 0.1) is 5.82 Å². The van der Waals surface area contributed by atoms with Crippen LogP contribution in [0.3, 0.4) is 0 Å². The van der Waals surface area contributed by atoms with Crippen molar-refractivity contribution in [3.05, 3.63) is 119 Å². The lowest BCUT2D eigenvalue weighted by Crippen LogP contribution is -2.20. The molecule has 1 aliphatic heterocycles. The van der Waals surface area contributed by atoms with Gasteiger partial charge in [0.15, 0.2) is 0 Å². The average molecular weight is 472 g/mol. The third kappa shape index (κ3) is 4.74. The third-order valence-corrected chi connectivity index (χ3v) is 5.55. The molecule has 4 aromatic rings. The van der Waals surface area contributed by atoms with Gasteiger partial charge in [0.05, 0.1) is 0 Å². The van der Waals surface area contributed by atoms with E-state index in [1.54, 1.807) is 35.0 Å². The number of carbonyl (C=O) groups excluding carboxylic acids is 1. The number of fused-ring (bicyclic) bond motifs is 1. The molecule has 1 aliphatic rings. The summed E-state index contributed by atoms with van der Waals surface area (Å²) in [7, 11) is 0. The Morgan fingerprint density at radius 1 is 1.03 bits per heavy atom. The van der Waals surface area contributed by atoms with Crippen LogP contribution < -0.4 is 10.6 Å². The predicted octanol–water partition coefficient (Wildman–Crippen LogP) is 5.78. The fourth-order valence-electron chi connectivity index (χ4n) is 3.63. The number of anilines is 2. The van der Waals surface area contributed by atoms with Crippen molar-refractivity contribution >= 4 is 41.2 Å². The van der Waals surface area contributed by atoms with Crippen molar-refractivity contribution in [3.63, 3.8) is 0 Å². The van der Waals surface area contributed by atoms with Crippen molar-refractivity contribution in [3.8, 4) is 0 Å². The number of benzene rings is 3. The molecule has 3 aromatic carbocycles. The Kier molecular flexibility index (Phi) is 5.93. The van der Waals surface area contributed by atoms with Gasteiger partial charge in [0.25, 0.3) is 11.9 Å². The summed E-state index contributed by atoms with van der Waals surface area (Å²) in [6.45, 7) is 0. The molecule has 1 aromatic heterocycles. The lowest BCUT2D eigenvalue weighted by molar-refractivity contribution is -0.111. The Morgan fingerprint density at radius 3 is 2.50 bits per heavy atom. The van der Waals surface area contributed by atoms with E-state index in [9.17, 15) is 9.18 Å². The van der Waals surface area contributed by atoms with Crippen molar-refractivity contribution < 1.29 is 9.18 Å². The lowest BCUT2D eigenvalue weighted by Gasteiger charge is -2.24. The monoisotopic (exact) mass is 471 g/mol. The van der Waals surface area contributed by atoms with Gasteiger partial charge >= 0.3 is 0 Å². The van der Waals surface area contributed by atoms with Crippen molar-refractivity contribution in [1.29, 1.82) is 0 Å². The zero-order chi connectivity index (χ0) is 23.5. The molecule has 0 saturated carbocycles. The van der Waals surface area contributed by atoms with Gasteiger partial charge in [0, 0.05) is 16.8 Å². The van der Waals surface area contributed by atoms with E-state index in [4.69, 9.17) is 11.6 Å². The van der Waals surface area contributed by atoms with Crippen molar-refractivity contribution in [2.24, 2.45) is 0 Å². The number of nitrogens with zero attached hydrogens (tertiary/aromatic N) is 3. The van der Waals surface area contributed by atoms with E-state index in [-0.39, 0.29) is 23.7 Å². The molecule has 0 saturated heterocycles. The van der Waals surface area contributed by atoms with Crippen molar-refractivity contribution in [1.82, 2.24) is 14.8 Å². The molecule has 0 unspecified atom stereocenters. The SMILES string of the molecule is O=C(/C=C/c1ccccc1)Nc1nc2n(n1)[C@@H](c1ccc(F)cc1)C=C(c1ccc(Cl)cc1)N2. The van der Waals surface area contributed by atoms with Gasteiger partial charge in [-0.05, 0) is 53.1 Å². The molecule has 0 fully saturated rings. The van der Waals surface area contributed by atoms with Crippen LogP contribution in [0.1, 0.15) is 22.7 Å². The second kappa shape index (κ2) is 9.33. The van der Waals surface area contributed by atoms with E-state index in [1.807, 2.05) is 48.5 Å². The molecular weight excluding hydrogens is 453 g/mol. The number of aromatic nitrogens is 3. The van der Waals surface area contributed by atoms with E-state index in [0.717, 1.165) is 22.4 Å². The molecule has 6 nitrogen and oxygen atoms in total. The minimum atomic E-state index is -0.361. The fraction of sp³-hybridized carbons (Fsp3) is 0.0385. The van der Waals surface area contributed by atoms with Crippen LogP contribution in [0.15, 0.2) is 91.0 Å². The zero-order valence-corrected chi connectivity index (χ0v) is 18.6. The van der Waals surface area contributed by atoms with Crippen molar-refractivity contribution in [2.45, 2.75) is 6.04 Å². The van der Waals surface area contributed by atoms with Gasteiger partial charge in [-0.2, -0.15) is 4.98 Å². The van der Waals surface area contributed by atoms with E-state index < -0.39 is 0 Å². The number of rotatable bonds is 5. The second-order valence-electron chi connectivity index (χ2n) is 7.65. The molecule has 0 spiro atoms. The summed E-state index contributed by atoms with van der Waals surface area (Å²) >= 11 is 6.04. The Bertz CT molecular complexity index is 1380. The third-order valence-electron chi connectivity index (χ3n) is 5.29. The molecule has 2 N–H and O–H groups in total. The predicted molar refractivity (Wildman–Crippen MR) is 132 cm³/mol. The Hall–Kier alpha value is -4.23. The van der Waals surface area contributed by atoms with Crippen LogP contribution in [0.4, 0.5) is 16.3 Å². The van der Waals surface area contributed by atoms with Crippen LogP contribution in [0.5, 0.6) is 0 Å². The van der Waals surface area contributed by atoms with Gasteiger partial charge in [-0.3, -0.25) is 10.1 Å². The summed E-state index contributed by atoms with van der Waals surface area (Å²) in [4.78, 5) is 16.9. The molecule has 1 amide bonds. The van der Waals surface area contributed by atoms with Gasteiger partial charge < -0.3 is 5.32 Å². The first-order valence-corrected chi connectivity index (χ1v) is 10.9. The number of allylic oxidation sites excluding steroid dienone is 1. The van der Waals surface area contributed by atoms with Crippen LogP contribution in [-0.2, 0) is 4.79 Å². The summed E-state index contributed by atoms with van der Waals surface area (Å²) in [6, 6.07) is 22.8. The van der Waals surface area contributed by atoms with Crippen LogP contribution in [0.25, 0.3) is 11.8 Å². The molecule has 168 valence electrons. The lowest BCUT2D eigenvalue weighted by atomic mass is 10.0. The highest BCUT2D eigenvalue weighted by atomic mass is 35.5. The van der Waals surface area contributed by atoms with Crippen molar-refractivity contribution in [2.75, 3.05) is 10.6 Å². The topological polar surface area (TPSA) is 71.8 Å². The standard InChI is InChI=1S/C26H19ClFN5O/c27-20-11-7-18(8-12-20)22-16-23(19-9-13-21(28)14-10-19)33-26(29-22)31-25(32-33)30-24(34)15-6-17-4-2-1-3-5-17/h1-16,23H,(H2,29,30,31,32,34)/b15-6+/t23-/m1/s1. The zero-order valence-electron chi connectivity index (χ0n) is 17.8. The quantitative estimate of drug-likeness (QED) is 0.362. The maximum atomic E-state index is 13.5. The first-order valence-electron chi connectivity index (χ1n) is 10.6. The van der Waals surface area contributed by atoms with Gasteiger partial charge in [0.2, 0.25) is 5.95 Å². The number of carbonyl (C=O) groups is 1. The first kappa shape index (κ1) is 21.6. The largest absolute Gasteiger partial charge is 0.324 e. The first-order chi connectivity index (χ1) is 16.5. The highest BCUT2D eigenvalue weighted by molar-refractivity contribution is 6.30. The molecule has 8 heteroatoms. The summed E-state index contributed by atoms with van der Waals surface area (Å²) < 4.78 is 15.2. The molecule has 0 aliphatic carbocycles. The Balaban J connectivity index is 1.44. The molecular formula is C26H19ClFN5O. The molecule has 1 atom stereocenters. The van der Waals surface area contributed by atoms with E-state index in [2.05, 4.69) is 20.7 Å². The van der Waals surface area contributed by atoms with Crippen LogP contribution in [-0.4, -0.2) is 20.7 Å². The summed E-state index contributed by atoms with van der Waals surface area (Å²) in [5, 5.41) is 11.1. The normalized spacial score (nSPS) is 14.9. The number of hydrogen-bond acceptors (Lipinski definition) is 4. The highest BCUT2D eigenvalue weighted by Gasteiger charge is 2.25. The van der Waals surface area contributed by atoms with Gasteiger partial charge in [-0.25, -0.2) is 9.07 Å². The smallest absolute Gasteiger partial charge is 0.250 e. The van der Waals surface area contributed by atoms with E-state index in [0.29, 0.717) is 11.0 Å². The number of amides is 1. The minimum Gasteiger partial charge on any atom is -0.324 e. The Morgan fingerprint density at radius 2 is 1.76 bits per heavy atom. The molecule has 2 heterocycles. The number of hydrogen-bond donors (Lipinski definition) is 2. The molecule has 0 bridgehead atoms. The van der Waals surface area contributed by atoms with Crippen LogP contribution in [0.2, 0.25) is 5.02 Å². The van der Waals surface area contributed by atoms with Gasteiger partial charge in [-0.15, -0.1) is 5.10 Å². The maximum absolute atomic E-state index is 13.5. The average Bonchev–Trinajstić information content (AvgIpc) is 3.26. The minimum absolute atomic E-state index is 0.156. The summed E-state index contributed by atoms with van der Waals surface area (Å²) in [5.41, 5.74) is 3.43. The van der Waals surface area contributed by atoms with Gasteiger partial charge in [0.1, 0.15) is 11.9 Å². The summed E-state index contributed by atoms with van der Waals surface area (Å²) in [6.07, 6.45) is 5.11. The second-order valence-corrected chi connectivity index (χ2v) is 8.08. The number of halogens is 2. The van der Waals surface area contributed by atoms with E-state index >= 15 is 0 Å². The molecule has 34 heavy (non-hydrogen) atoms. The molecule has 5 rings (SSSR count). The molecule has 0 radical (unpaired) electrons. The maximum Gasteiger partial charge on any atom is 0.250 e. The Labute approximate surface area is 200 Å². The summed E-state index contributed by atoms with van der Waals surface area (Å²) in [5.74, 6) is -0.0697. The van der Waals surface area contributed by atoms with E-state index in [1.165, 1.54) is 18.2 Å².